The van der Waals surface area contributed by atoms with E-state index >= 15 is 0 Å². The zero-order valence-electron chi connectivity index (χ0n) is 11.6. The van der Waals surface area contributed by atoms with Crippen LogP contribution in [0.2, 0.25) is 0 Å². The van der Waals surface area contributed by atoms with Gasteiger partial charge >= 0.3 is 5.97 Å². The number of amides is 1. The molecule has 0 saturated carbocycles. The molecule has 3 aromatic rings. The normalized spacial score (nSPS) is 10.7. The molecule has 2 aromatic heterocycles. The van der Waals surface area contributed by atoms with Crippen LogP contribution in [-0.4, -0.2) is 38.5 Å². The van der Waals surface area contributed by atoms with Gasteiger partial charge in [0.2, 0.25) is 0 Å². The zero-order chi connectivity index (χ0) is 16.2. The maximum Gasteiger partial charge on any atom is 0.328 e. The minimum absolute atomic E-state index is 0.114. The monoisotopic (exact) mass is 395 g/mol. The van der Waals surface area contributed by atoms with E-state index in [2.05, 4.69) is 36.5 Å². The fourth-order valence-corrected chi connectivity index (χ4v) is 2.94. The van der Waals surface area contributed by atoms with Gasteiger partial charge in [-0.15, -0.1) is 5.10 Å². The number of fused-ring (bicyclic) bond motifs is 1. The number of rotatable bonds is 5. The van der Waals surface area contributed by atoms with Crippen LogP contribution in [0.3, 0.4) is 0 Å². The zero-order valence-corrected chi connectivity index (χ0v) is 14.0. The van der Waals surface area contributed by atoms with Crippen LogP contribution < -0.4 is 5.32 Å². The lowest BCUT2D eigenvalue weighted by Gasteiger charge is -2.05. The number of halogens is 1. The number of hydrogen-bond acceptors (Lipinski definition) is 7. The molecule has 0 unspecified atom stereocenters. The number of para-hydroxylation sites is 1. The van der Waals surface area contributed by atoms with Gasteiger partial charge in [-0.25, -0.2) is 9.67 Å². The van der Waals surface area contributed by atoms with Crippen molar-refractivity contribution >= 4 is 55.3 Å². The molecule has 0 atom stereocenters. The first-order chi connectivity index (χ1) is 11.1. The molecule has 2 heterocycles. The van der Waals surface area contributed by atoms with Crippen LogP contribution in [0, 0.1) is 0 Å². The third-order valence-corrected chi connectivity index (χ3v) is 4.18. The molecule has 0 radical (unpaired) electrons. The highest BCUT2D eigenvalue weighted by Crippen LogP contribution is 2.22. The number of aromatic nitrogens is 4. The summed E-state index contributed by atoms with van der Waals surface area (Å²) in [5.74, 6) is -1.03. The fraction of sp³-hybridized carbons (Fsp3) is 0.154. The van der Waals surface area contributed by atoms with E-state index in [1.807, 2.05) is 12.1 Å². The fourth-order valence-electron chi connectivity index (χ4n) is 1.82. The average molecular weight is 396 g/mol. The van der Waals surface area contributed by atoms with E-state index in [0.29, 0.717) is 10.6 Å². The standard InChI is InChI=1S/C13H10BrN5O3S/c14-10-5-15-13(23-10)16-11(20)7-22-12(21)6-19-9-4-2-1-3-8(9)17-18-19/h1-5H,6-7H2,(H,15,16,20). The number of carbonyl (C=O) groups excluding carboxylic acids is 2. The topological polar surface area (TPSA) is 99.0 Å². The molecule has 23 heavy (non-hydrogen) atoms. The molecule has 10 heteroatoms. The van der Waals surface area contributed by atoms with Crippen molar-refractivity contribution in [2.75, 3.05) is 11.9 Å². The number of esters is 1. The van der Waals surface area contributed by atoms with E-state index < -0.39 is 11.9 Å². The molecule has 0 aliphatic carbocycles. The third-order valence-electron chi connectivity index (χ3n) is 2.79. The maximum absolute atomic E-state index is 11.8. The van der Waals surface area contributed by atoms with Crippen molar-refractivity contribution in [2.24, 2.45) is 0 Å². The number of anilines is 1. The van der Waals surface area contributed by atoms with Crippen molar-refractivity contribution in [1.82, 2.24) is 20.0 Å². The Morgan fingerprint density at radius 3 is 2.96 bits per heavy atom. The van der Waals surface area contributed by atoms with Crippen molar-refractivity contribution < 1.29 is 14.3 Å². The lowest BCUT2D eigenvalue weighted by molar-refractivity contribution is -0.148. The van der Waals surface area contributed by atoms with Crippen LogP contribution in [0.4, 0.5) is 5.13 Å². The molecule has 0 fully saturated rings. The van der Waals surface area contributed by atoms with E-state index in [1.165, 1.54) is 16.0 Å². The number of ether oxygens (including phenoxy) is 1. The summed E-state index contributed by atoms with van der Waals surface area (Å²) < 4.78 is 7.15. The largest absolute Gasteiger partial charge is 0.454 e. The van der Waals surface area contributed by atoms with Gasteiger partial charge in [0.05, 0.1) is 15.5 Å². The molecular weight excluding hydrogens is 386 g/mol. The van der Waals surface area contributed by atoms with Crippen molar-refractivity contribution in [2.45, 2.75) is 6.54 Å². The van der Waals surface area contributed by atoms with Crippen LogP contribution in [0.15, 0.2) is 34.2 Å². The average Bonchev–Trinajstić information content (AvgIpc) is 3.12. The number of nitrogens with one attached hydrogen (secondary N) is 1. The quantitative estimate of drug-likeness (QED) is 0.661. The predicted molar refractivity (Wildman–Crippen MR) is 86.9 cm³/mol. The second-order valence-corrected chi connectivity index (χ2v) is 6.82. The molecule has 1 N–H and O–H groups in total. The van der Waals surface area contributed by atoms with Crippen molar-refractivity contribution in [1.29, 1.82) is 0 Å². The molecule has 1 amide bonds. The second-order valence-electron chi connectivity index (χ2n) is 4.41. The first kappa shape index (κ1) is 15.6. The van der Waals surface area contributed by atoms with Crippen LogP contribution in [0.5, 0.6) is 0 Å². The number of hydrogen-bond donors (Lipinski definition) is 1. The molecule has 1 aromatic carbocycles. The Kier molecular flexibility index (Phi) is 4.63. The van der Waals surface area contributed by atoms with Gasteiger partial charge in [0, 0.05) is 0 Å². The SMILES string of the molecule is O=C(COC(=O)Cn1nnc2ccccc21)Nc1ncc(Br)s1. The summed E-state index contributed by atoms with van der Waals surface area (Å²) in [5.41, 5.74) is 1.41. The number of nitrogens with zero attached hydrogens (tertiary/aromatic N) is 4. The van der Waals surface area contributed by atoms with Gasteiger partial charge in [-0.2, -0.15) is 0 Å². The summed E-state index contributed by atoms with van der Waals surface area (Å²) in [5, 5.41) is 10.8. The van der Waals surface area contributed by atoms with Crippen molar-refractivity contribution in [3.05, 3.63) is 34.2 Å². The summed E-state index contributed by atoms with van der Waals surface area (Å²) in [6.07, 6.45) is 1.57. The Hall–Kier alpha value is -2.33. The highest BCUT2D eigenvalue weighted by atomic mass is 79.9. The number of thiazole rings is 1. The van der Waals surface area contributed by atoms with Gasteiger partial charge in [0.1, 0.15) is 12.1 Å². The lowest BCUT2D eigenvalue weighted by atomic mass is 10.3. The highest BCUT2D eigenvalue weighted by molar-refractivity contribution is 9.11. The highest BCUT2D eigenvalue weighted by Gasteiger charge is 2.12. The molecular formula is C13H10BrN5O3S. The van der Waals surface area contributed by atoms with Gasteiger partial charge in [0.15, 0.2) is 11.7 Å². The first-order valence-electron chi connectivity index (χ1n) is 6.47. The predicted octanol–water partition coefficient (Wildman–Crippen LogP) is 1.83. The van der Waals surface area contributed by atoms with Gasteiger partial charge in [-0.3, -0.25) is 14.9 Å². The summed E-state index contributed by atoms with van der Waals surface area (Å²) in [4.78, 5) is 27.4. The Balaban J connectivity index is 1.52. The Morgan fingerprint density at radius 1 is 1.35 bits per heavy atom. The number of carbonyl (C=O) groups is 2. The molecule has 0 bridgehead atoms. The van der Waals surface area contributed by atoms with E-state index in [-0.39, 0.29) is 13.2 Å². The van der Waals surface area contributed by atoms with Crippen molar-refractivity contribution in [3.63, 3.8) is 0 Å². The molecule has 118 valence electrons. The lowest BCUT2D eigenvalue weighted by Crippen LogP contribution is -2.23. The summed E-state index contributed by atoms with van der Waals surface area (Å²) in [6, 6.07) is 7.26. The molecule has 0 aliphatic heterocycles. The van der Waals surface area contributed by atoms with Gasteiger partial charge in [-0.1, -0.05) is 28.7 Å². The van der Waals surface area contributed by atoms with Crippen LogP contribution in [-0.2, 0) is 20.9 Å². The van der Waals surface area contributed by atoms with E-state index in [4.69, 9.17) is 4.74 Å². The minimum Gasteiger partial charge on any atom is -0.454 e. The van der Waals surface area contributed by atoms with Crippen LogP contribution in [0.25, 0.3) is 11.0 Å². The molecule has 8 nitrogen and oxygen atoms in total. The molecule has 0 aliphatic rings. The Morgan fingerprint density at radius 2 is 2.17 bits per heavy atom. The van der Waals surface area contributed by atoms with Gasteiger partial charge < -0.3 is 4.74 Å². The minimum atomic E-state index is -0.573. The van der Waals surface area contributed by atoms with E-state index in [9.17, 15) is 9.59 Å². The summed E-state index contributed by atoms with van der Waals surface area (Å²) >= 11 is 4.51. The molecule has 3 rings (SSSR count). The van der Waals surface area contributed by atoms with Gasteiger partial charge in [0.25, 0.3) is 5.91 Å². The van der Waals surface area contributed by atoms with Gasteiger partial charge in [-0.05, 0) is 28.1 Å². The molecule has 0 saturated heterocycles. The van der Waals surface area contributed by atoms with E-state index in [1.54, 1.807) is 18.3 Å². The van der Waals surface area contributed by atoms with Crippen LogP contribution >= 0.6 is 27.3 Å². The van der Waals surface area contributed by atoms with Crippen LogP contribution in [0.1, 0.15) is 0 Å². The maximum atomic E-state index is 11.8. The second kappa shape index (κ2) is 6.84. The number of benzene rings is 1. The summed E-state index contributed by atoms with van der Waals surface area (Å²) in [7, 11) is 0. The molecule has 0 spiro atoms. The first-order valence-corrected chi connectivity index (χ1v) is 8.08. The Labute approximate surface area is 142 Å². The summed E-state index contributed by atoms with van der Waals surface area (Å²) in [6.45, 7) is -0.501. The Bertz CT molecular complexity index is 862. The van der Waals surface area contributed by atoms with Crippen molar-refractivity contribution in [3.8, 4) is 0 Å². The smallest absolute Gasteiger partial charge is 0.328 e. The third kappa shape index (κ3) is 3.90. The van der Waals surface area contributed by atoms with E-state index in [0.717, 1.165) is 9.30 Å².